The zero-order valence-electron chi connectivity index (χ0n) is 12.5. The molecule has 0 bridgehead atoms. The second kappa shape index (κ2) is 7.94. The Kier molecular flexibility index (Phi) is 6.56. The van der Waals surface area contributed by atoms with Crippen molar-refractivity contribution in [2.75, 3.05) is 29.9 Å². The minimum absolute atomic E-state index is 0.203. The maximum atomic E-state index is 9.01. The van der Waals surface area contributed by atoms with Crippen LogP contribution in [-0.2, 0) is 0 Å². The Bertz CT molecular complexity index is 382. The smallest absolute Gasteiger partial charge is 0.137 e. The quantitative estimate of drug-likeness (QED) is 0.755. The molecule has 19 heavy (non-hydrogen) atoms. The van der Waals surface area contributed by atoms with Crippen molar-refractivity contribution < 1.29 is 5.11 Å². The van der Waals surface area contributed by atoms with Crippen molar-refractivity contribution >= 4 is 11.6 Å². The van der Waals surface area contributed by atoms with Gasteiger partial charge in [0.25, 0.3) is 0 Å². The van der Waals surface area contributed by atoms with Gasteiger partial charge in [-0.2, -0.15) is 0 Å². The van der Waals surface area contributed by atoms with Crippen molar-refractivity contribution in [3.05, 3.63) is 11.9 Å². The maximum Gasteiger partial charge on any atom is 0.137 e. The van der Waals surface area contributed by atoms with E-state index in [-0.39, 0.29) is 6.61 Å². The average molecular weight is 266 g/mol. The molecule has 1 rings (SSSR count). The number of nitrogens with zero attached hydrogens (tertiary/aromatic N) is 3. The summed E-state index contributed by atoms with van der Waals surface area (Å²) in [6, 6.07) is 0.346. The van der Waals surface area contributed by atoms with E-state index in [0.717, 1.165) is 43.1 Å². The van der Waals surface area contributed by atoms with Crippen LogP contribution in [0.25, 0.3) is 0 Å². The summed E-state index contributed by atoms with van der Waals surface area (Å²) in [5, 5.41) is 12.3. The molecule has 2 N–H and O–H groups in total. The molecule has 1 aromatic rings. The second-order valence-electron chi connectivity index (χ2n) is 4.96. The third-order valence-corrected chi connectivity index (χ3v) is 3.05. The van der Waals surface area contributed by atoms with Crippen LogP contribution in [0.5, 0.6) is 0 Å². The number of aliphatic hydroxyl groups excluding tert-OH is 1. The fourth-order valence-corrected chi connectivity index (χ4v) is 2.00. The Morgan fingerprint density at radius 3 is 2.68 bits per heavy atom. The maximum absolute atomic E-state index is 9.01. The molecule has 0 radical (unpaired) electrons. The van der Waals surface area contributed by atoms with Gasteiger partial charge in [-0.05, 0) is 33.6 Å². The highest BCUT2D eigenvalue weighted by Crippen LogP contribution is 2.24. The van der Waals surface area contributed by atoms with Gasteiger partial charge in [0.15, 0.2) is 0 Å². The van der Waals surface area contributed by atoms with E-state index in [2.05, 4.69) is 41.0 Å². The molecule has 0 unspecified atom stereocenters. The van der Waals surface area contributed by atoms with E-state index in [1.165, 1.54) is 0 Å². The molecule has 0 spiro atoms. The Hall–Kier alpha value is -1.36. The Balaban J connectivity index is 2.95. The largest absolute Gasteiger partial charge is 0.396 e. The van der Waals surface area contributed by atoms with Crippen LogP contribution in [0.1, 0.15) is 39.2 Å². The molecule has 108 valence electrons. The van der Waals surface area contributed by atoms with E-state index in [4.69, 9.17) is 5.11 Å². The predicted molar refractivity (Wildman–Crippen MR) is 79.7 cm³/mol. The number of anilines is 2. The standard InChI is InChI=1S/C14H26N4O/c1-5-7-15-13-12(4)14(17-10-16-13)18(11(2)3)8-6-9-19/h10-11,19H,5-9H2,1-4H3,(H,15,16,17). The van der Waals surface area contributed by atoms with Crippen molar-refractivity contribution in [1.82, 2.24) is 9.97 Å². The fourth-order valence-electron chi connectivity index (χ4n) is 2.00. The molecule has 5 heteroatoms. The number of hydrogen-bond donors (Lipinski definition) is 2. The van der Waals surface area contributed by atoms with Gasteiger partial charge in [-0.25, -0.2) is 9.97 Å². The molecule has 1 aromatic heterocycles. The van der Waals surface area contributed by atoms with Gasteiger partial charge in [0, 0.05) is 31.3 Å². The van der Waals surface area contributed by atoms with Crippen molar-refractivity contribution in [2.45, 2.75) is 46.6 Å². The lowest BCUT2D eigenvalue weighted by atomic mass is 10.2. The molecular formula is C14H26N4O. The number of rotatable bonds is 8. The van der Waals surface area contributed by atoms with Crippen LogP contribution in [0.4, 0.5) is 11.6 Å². The summed E-state index contributed by atoms with van der Waals surface area (Å²) in [4.78, 5) is 10.9. The molecule has 0 amide bonds. The highest BCUT2D eigenvalue weighted by molar-refractivity contribution is 5.58. The summed E-state index contributed by atoms with van der Waals surface area (Å²) in [5.74, 6) is 1.86. The lowest BCUT2D eigenvalue weighted by Crippen LogP contribution is -2.33. The summed E-state index contributed by atoms with van der Waals surface area (Å²) in [5.41, 5.74) is 1.07. The average Bonchev–Trinajstić information content (AvgIpc) is 2.39. The lowest BCUT2D eigenvalue weighted by molar-refractivity contribution is 0.288. The fraction of sp³-hybridized carbons (Fsp3) is 0.714. The molecule has 0 aromatic carbocycles. The zero-order valence-corrected chi connectivity index (χ0v) is 12.5. The molecule has 0 aliphatic heterocycles. The SMILES string of the molecule is CCCNc1ncnc(N(CCCO)C(C)C)c1C. The van der Waals surface area contributed by atoms with Gasteiger partial charge in [-0.15, -0.1) is 0 Å². The molecule has 0 atom stereocenters. The summed E-state index contributed by atoms with van der Waals surface area (Å²) in [6.45, 7) is 10.4. The molecule has 0 aliphatic carbocycles. The molecule has 0 fully saturated rings. The summed E-state index contributed by atoms with van der Waals surface area (Å²) >= 11 is 0. The van der Waals surface area contributed by atoms with Crippen LogP contribution < -0.4 is 10.2 Å². The monoisotopic (exact) mass is 266 g/mol. The first kappa shape index (κ1) is 15.7. The topological polar surface area (TPSA) is 61.3 Å². The molecule has 0 saturated carbocycles. The minimum Gasteiger partial charge on any atom is -0.396 e. The molecule has 5 nitrogen and oxygen atoms in total. The van der Waals surface area contributed by atoms with Crippen molar-refractivity contribution in [3.63, 3.8) is 0 Å². The van der Waals surface area contributed by atoms with Gasteiger partial charge in [0.1, 0.15) is 18.0 Å². The lowest BCUT2D eigenvalue weighted by Gasteiger charge is -2.29. The molecule has 0 aliphatic rings. The number of hydrogen-bond acceptors (Lipinski definition) is 5. The third-order valence-electron chi connectivity index (χ3n) is 3.05. The summed E-state index contributed by atoms with van der Waals surface area (Å²) < 4.78 is 0. The Labute approximate surface area is 116 Å². The minimum atomic E-state index is 0.203. The van der Waals surface area contributed by atoms with Crippen LogP contribution in [0.15, 0.2) is 6.33 Å². The van der Waals surface area contributed by atoms with Gasteiger partial charge in [0.2, 0.25) is 0 Å². The number of aromatic nitrogens is 2. The Morgan fingerprint density at radius 1 is 1.37 bits per heavy atom. The van der Waals surface area contributed by atoms with Gasteiger partial charge in [0.05, 0.1) is 0 Å². The first-order valence-electron chi connectivity index (χ1n) is 7.04. The van der Waals surface area contributed by atoms with E-state index >= 15 is 0 Å². The van der Waals surface area contributed by atoms with Crippen LogP contribution in [-0.4, -0.2) is 40.8 Å². The van der Waals surface area contributed by atoms with E-state index in [1.54, 1.807) is 6.33 Å². The van der Waals surface area contributed by atoms with E-state index in [1.807, 2.05) is 6.92 Å². The number of aliphatic hydroxyl groups is 1. The van der Waals surface area contributed by atoms with Crippen LogP contribution in [0, 0.1) is 6.92 Å². The van der Waals surface area contributed by atoms with Crippen molar-refractivity contribution in [1.29, 1.82) is 0 Å². The predicted octanol–water partition coefficient (Wildman–Crippen LogP) is 2.20. The Morgan fingerprint density at radius 2 is 2.11 bits per heavy atom. The summed E-state index contributed by atoms with van der Waals surface area (Å²) in [6.07, 6.45) is 3.42. The summed E-state index contributed by atoms with van der Waals surface area (Å²) in [7, 11) is 0. The van der Waals surface area contributed by atoms with E-state index in [9.17, 15) is 0 Å². The molecule has 1 heterocycles. The van der Waals surface area contributed by atoms with Crippen LogP contribution in [0.3, 0.4) is 0 Å². The van der Waals surface area contributed by atoms with Gasteiger partial charge >= 0.3 is 0 Å². The second-order valence-corrected chi connectivity index (χ2v) is 4.96. The highest BCUT2D eigenvalue weighted by Gasteiger charge is 2.16. The first-order valence-corrected chi connectivity index (χ1v) is 7.04. The zero-order chi connectivity index (χ0) is 14.3. The first-order chi connectivity index (χ1) is 9.11. The van der Waals surface area contributed by atoms with E-state index in [0.29, 0.717) is 6.04 Å². The third kappa shape index (κ3) is 4.35. The molecular weight excluding hydrogens is 240 g/mol. The van der Waals surface area contributed by atoms with Crippen LogP contribution in [0.2, 0.25) is 0 Å². The number of nitrogens with one attached hydrogen (secondary N) is 1. The van der Waals surface area contributed by atoms with Crippen molar-refractivity contribution in [3.8, 4) is 0 Å². The van der Waals surface area contributed by atoms with Gasteiger partial charge in [-0.1, -0.05) is 6.92 Å². The van der Waals surface area contributed by atoms with Crippen LogP contribution >= 0.6 is 0 Å². The van der Waals surface area contributed by atoms with Gasteiger partial charge in [-0.3, -0.25) is 0 Å². The van der Waals surface area contributed by atoms with E-state index < -0.39 is 0 Å². The normalized spacial score (nSPS) is 10.8. The highest BCUT2D eigenvalue weighted by atomic mass is 16.3. The van der Waals surface area contributed by atoms with Gasteiger partial charge < -0.3 is 15.3 Å². The van der Waals surface area contributed by atoms with Crippen molar-refractivity contribution in [2.24, 2.45) is 0 Å². The molecule has 0 saturated heterocycles.